The Kier molecular flexibility index (Phi) is 26.1. The van der Waals surface area contributed by atoms with Gasteiger partial charge >= 0.3 is 0 Å². The summed E-state index contributed by atoms with van der Waals surface area (Å²) < 4.78 is 175. The Morgan fingerprint density at radius 3 is 1.14 bits per heavy atom. The number of phenols is 2. The van der Waals surface area contributed by atoms with Crippen LogP contribution in [0.2, 0.25) is 15.1 Å². The summed E-state index contributed by atoms with van der Waals surface area (Å²) in [6.45, 7) is 20.3. The molecule has 0 radical (unpaired) electrons. The molecule has 6 atom stereocenters. The summed E-state index contributed by atoms with van der Waals surface area (Å²) >= 11 is 24.1. The molecule has 12 rings (SSSR count). The number of sulfonamides is 3. The van der Waals surface area contributed by atoms with Crippen LogP contribution in [0.5, 0.6) is 17.2 Å². The minimum atomic E-state index is -3.84. The van der Waals surface area contributed by atoms with Crippen molar-refractivity contribution in [3.05, 3.63) is 148 Å². The van der Waals surface area contributed by atoms with Gasteiger partial charge in [0, 0.05) is 83.2 Å². The van der Waals surface area contributed by atoms with Gasteiger partial charge in [-0.15, -0.1) is 0 Å². The van der Waals surface area contributed by atoms with E-state index in [9.17, 15) is 58.2 Å². The third kappa shape index (κ3) is 19.1. The van der Waals surface area contributed by atoms with E-state index in [0.717, 1.165) is 62.7 Å². The second-order valence-corrected chi connectivity index (χ2v) is 33.4. The Morgan fingerprint density at radius 2 is 0.817 bits per heavy atom. The number of carbonyl (C=O) groups is 2. The Bertz CT molecular complexity index is 5420. The monoisotopic (exact) mass is 1650 g/mol. The Hall–Kier alpha value is -9.25. The predicted octanol–water partition coefficient (Wildman–Crippen LogP) is 15.0. The largest absolute Gasteiger partial charge is 0.507 e. The van der Waals surface area contributed by atoms with Gasteiger partial charge in [-0.1, -0.05) is 80.0 Å². The maximum absolute atomic E-state index is 16.1. The maximum Gasteiger partial charge on any atom is 0.246 e. The number of phenolic OH excluding ortho intramolecular Hbond substituents is 2. The molecule has 5 N–H and O–H groups in total. The number of nitrogens with zero attached hydrogens (tertiary/aromatic N) is 10. The molecule has 3 saturated heterocycles. The Morgan fingerprint density at radius 1 is 0.486 bits per heavy atom. The molecular formula is C72H75Cl4F6N13O11S3. The van der Waals surface area contributed by atoms with Crippen molar-refractivity contribution in [3.63, 3.8) is 0 Å². The number of aromatic hydroxyl groups is 2. The number of halogens is 10. The van der Waals surface area contributed by atoms with Crippen LogP contribution in [0.4, 0.5) is 61.6 Å². The van der Waals surface area contributed by atoms with Gasteiger partial charge in [0.05, 0.1) is 57.6 Å². The van der Waals surface area contributed by atoms with Gasteiger partial charge in [0.25, 0.3) is 0 Å². The van der Waals surface area contributed by atoms with Crippen molar-refractivity contribution in [2.24, 2.45) is 11.8 Å². The number of carbonyl (C=O) groups excluding carboxylic acids is 2. The van der Waals surface area contributed by atoms with Gasteiger partial charge in [0.2, 0.25) is 59.1 Å². The van der Waals surface area contributed by atoms with E-state index in [1.54, 1.807) is 9.80 Å². The zero-order chi connectivity index (χ0) is 80.4. The van der Waals surface area contributed by atoms with Crippen molar-refractivity contribution in [2.75, 3.05) is 80.9 Å². The normalized spacial score (nSPS) is 18.2. The Balaban J connectivity index is 0.000000183. The van der Waals surface area contributed by atoms with E-state index in [4.69, 9.17) is 51.1 Å². The van der Waals surface area contributed by atoms with Gasteiger partial charge in [0.15, 0.2) is 17.5 Å². The topological polar surface area (TPSA) is 313 Å². The summed E-state index contributed by atoms with van der Waals surface area (Å²) in [6.07, 6.45) is 8.87. The minimum Gasteiger partial charge on any atom is -0.507 e. The third-order valence-electron chi connectivity index (χ3n) is 18.0. The number of piperazine rings is 1. The van der Waals surface area contributed by atoms with Gasteiger partial charge < -0.3 is 34.5 Å². The smallest absolute Gasteiger partial charge is 0.246 e. The molecule has 0 bridgehead atoms. The number of fused-ring (bicyclic) bond motifs is 3. The standard InChI is InChI=1S/C24H24ClF2N5O4S.C23H25ClF2N4O3S.C22H23ClF2N4O3S.C3H3ClO/c1-5-18(34)31-10-13(3)32(11-12(31)2)23-14-9-15(25)19(20-16(26)7-6-8-17(20)33)21(27)22(14)28-24(29-23)30-37(4,35)36;1-12-8-9-13(2)30(11-12)22-14-10-15(24)18(19-16(25)6-5-7-17(19)33-3)20(26)21(14)27-23(28-22)29-34(4,31)32;1-11-7-8-12(2)29(10-11)21-13-9-14(23)17(18-15(24)5-4-6-16(18)30)19(25)20(13)26-22(27-21)28-33(3,31)32;1-2-3(4)5/h5-9,12-13,33H,1,10-11H2,2-4H3,(H,28,29,30);5-7,10,12-13H,8-9,11H2,1-4H3,(H,27,28,29);4-6,9,11-12,30H,7-8,10H2,1-3H3,(H,26,27,28);2H,1H2/t12-,13+;12-,13-;11-,12-;/m100./s1. The number of rotatable bonds is 15. The molecule has 109 heavy (non-hydrogen) atoms. The first-order valence-electron chi connectivity index (χ1n) is 33.4. The van der Waals surface area contributed by atoms with Crippen LogP contribution < -0.4 is 33.6 Å². The predicted molar refractivity (Wildman–Crippen MR) is 415 cm³/mol. The maximum atomic E-state index is 16.1. The molecule has 1 amide bonds. The molecular weight excluding hydrogens is 1570 g/mol. The van der Waals surface area contributed by atoms with Gasteiger partial charge in [-0.05, 0) is 144 Å². The van der Waals surface area contributed by atoms with Crippen LogP contribution in [0.3, 0.4) is 0 Å². The van der Waals surface area contributed by atoms with E-state index in [2.05, 4.69) is 71.1 Å². The van der Waals surface area contributed by atoms with Gasteiger partial charge in [-0.25, -0.2) is 66.5 Å². The zero-order valence-corrected chi connectivity index (χ0v) is 65.6. The second kappa shape index (κ2) is 33.9. The minimum absolute atomic E-state index is 0.0419. The average Bonchev–Trinajstić information content (AvgIpc) is 0.754. The van der Waals surface area contributed by atoms with Crippen molar-refractivity contribution >= 4 is 156 Å². The van der Waals surface area contributed by atoms with Crippen LogP contribution >= 0.6 is 46.4 Å². The van der Waals surface area contributed by atoms with E-state index in [1.165, 1.54) is 73.8 Å². The SMILES string of the molecule is C=CC(=O)Cl.C=CC(=O)N1C[C@H](C)N(c2nc(NS(C)(=O)=O)nc3c(F)c(-c4c(O)cccc4F)c(Cl)cc23)C[C@H]1C.COc1cccc(F)c1-c1c(Cl)cc2c(N3C[C@@H](C)CC[C@@H]3C)nc(NS(C)(=O)=O)nc2c1F.C[C@H]1CC[C@H](C)N(c2nc(NS(C)(=O)=O)nc3c(F)c(-c4c(O)cccc4F)c(Cl)cc23)C1. The highest BCUT2D eigenvalue weighted by Gasteiger charge is 2.37. The summed E-state index contributed by atoms with van der Waals surface area (Å²) in [4.78, 5) is 54.6. The van der Waals surface area contributed by atoms with Crippen LogP contribution in [0, 0.1) is 46.7 Å². The van der Waals surface area contributed by atoms with Crippen LogP contribution in [0.15, 0.2) is 98.1 Å². The molecule has 0 aliphatic carbocycles. The van der Waals surface area contributed by atoms with Crippen molar-refractivity contribution in [2.45, 2.75) is 91.4 Å². The molecule has 24 nitrogen and oxygen atoms in total. The van der Waals surface area contributed by atoms with Crippen molar-refractivity contribution in [1.29, 1.82) is 0 Å². The fourth-order valence-corrected chi connectivity index (χ4v) is 15.1. The number of ether oxygens (including phenoxy) is 1. The summed E-state index contributed by atoms with van der Waals surface area (Å²) in [7, 11) is -9.99. The zero-order valence-electron chi connectivity index (χ0n) is 60.2. The number of methoxy groups -OCH3 is 1. The summed E-state index contributed by atoms with van der Waals surface area (Å²) in [6, 6.07) is 15.0. The number of piperidine rings is 2. The number of amides is 1. The lowest BCUT2D eigenvalue weighted by Gasteiger charge is -2.44. The number of nitrogens with one attached hydrogen (secondary N) is 3. The third-order valence-corrected chi connectivity index (χ3v) is 20.7. The lowest BCUT2D eigenvalue weighted by atomic mass is 9.94. The molecule has 582 valence electrons. The van der Waals surface area contributed by atoms with E-state index in [1.807, 2.05) is 37.5 Å². The number of aromatic nitrogens is 6. The number of anilines is 6. The van der Waals surface area contributed by atoms with E-state index in [0.29, 0.717) is 48.5 Å². The van der Waals surface area contributed by atoms with Crippen molar-refractivity contribution < 1.29 is 76.1 Å². The second-order valence-electron chi connectivity index (χ2n) is 26.6. The number of hydrogen-bond acceptors (Lipinski definition) is 20. The summed E-state index contributed by atoms with van der Waals surface area (Å²) in [5, 5.41) is 20.3. The molecule has 3 aliphatic heterocycles. The fourth-order valence-electron chi connectivity index (χ4n) is 13.0. The molecule has 3 aliphatic rings. The molecule has 0 unspecified atom stereocenters. The molecule has 3 aromatic heterocycles. The molecule has 9 aromatic rings. The number of benzene rings is 6. The van der Waals surface area contributed by atoms with Crippen LogP contribution in [-0.2, 0) is 39.7 Å². The lowest BCUT2D eigenvalue weighted by Crippen LogP contribution is -2.58. The highest BCUT2D eigenvalue weighted by molar-refractivity contribution is 7.92. The lowest BCUT2D eigenvalue weighted by molar-refractivity contribution is -0.128. The van der Waals surface area contributed by atoms with Crippen LogP contribution in [0.1, 0.15) is 67.2 Å². The molecule has 0 spiro atoms. The van der Waals surface area contributed by atoms with Crippen molar-refractivity contribution in [3.8, 4) is 50.6 Å². The van der Waals surface area contributed by atoms with Crippen molar-refractivity contribution in [1.82, 2.24) is 34.8 Å². The van der Waals surface area contributed by atoms with Crippen LogP contribution in [0.25, 0.3) is 66.1 Å². The van der Waals surface area contributed by atoms with Crippen LogP contribution in [-0.4, -0.2) is 158 Å². The highest BCUT2D eigenvalue weighted by atomic mass is 35.5. The number of allylic oxidation sites excluding steroid dienone is 1. The fraction of sp³-hybridized carbons (Fsp3) is 0.333. The number of hydrogen-bond donors (Lipinski definition) is 5. The molecule has 0 saturated carbocycles. The van der Waals surface area contributed by atoms with E-state index < -0.39 is 104 Å². The van der Waals surface area contributed by atoms with Gasteiger partial charge in [-0.3, -0.25) is 23.8 Å². The molecule has 37 heteroatoms. The summed E-state index contributed by atoms with van der Waals surface area (Å²) in [5.74, 6) is -6.04. The average molecular weight is 1650 g/mol. The first-order chi connectivity index (χ1) is 51.0. The van der Waals surface area contributed by atoms with E-state index in [-0.39, 0.29) is 119 Å². The van der Waals surface area contributed by atoms with Gasteiger partial charge in [-0.2, -0.15) is 15.0 Å². The highest BCUT2D eigenvalue weighted by Crippen LogP contribution is 2.48. The summed E-state index contributed by atoms with van der Waals surface area (Å²) in [5.41, 5.74) is -2.76. The molecule has 3 fully saturated rings. The van der Waals surface area contributed by atoms with Gasteiger partial charge in [0.1, 0.15) is 68.7 Å². The molecule has 6 heterocycles. The molecule has 6 aromatic carbocycles. The quantitative estimate of drug-likeness (QED) is 0.0362. The first kappa shape index (κ1) is 83.8. The Labute approximate surface area is 645 Å². The first-order valence-corrected chi connectivity index (χ1v) is 40.6. The van der Waals surface area contributed by atoms with E-state index >= 15 is 13.2 Å².